The van der Waals surface area contributed by atoms with Crippen molar-refractivity contribution in [3.63, 3.8) is 0 Å². The Hall–Kier alpha value is -0.120. The average molecular weight is 236 g/mol. The highest BCUT2D eigenvalue weighted by atomic mass is 79.9. The molecule has 1 N–H and O–H groups in total. The van der Waals surface area contributed by atoms with Crippen molar-refractivity contribution in [1.82, 2.24) is 10.3 Å². The standard InChI is InChI=1S/C7H8BrClN2/c1-10-3-5-2-7(9)11-4-6(5)8/h2,4,10H,3H2,1H3. The summed E-state index contributed by atoms with van der Waals surface area (Å²) in [6.07, 6.45) is 1.70. The minimum Gasteiger partial charge on any atom is -0.316 e. The van der Waals surface area contributed by atoms with E-state index in [2.05, 4.69) is 26.2 Å². The molecule has 0 aliphatic carbocycles. The van der Waals surface area contributed by atoms with E-state index >= 15 is 0 Å². The largest absolute Gasteiger partial charge is 0.316 e. The van der Waals surface area contributed by atoms with E-state index in [9.17, 15) is 0 Å². The number of aromatic nitrogens is 1. The third kappa shape index (κ3) is 2.43. The third-order valence-electron chi connectivity index (χ3n) is 1.27. The highest BCUT2D eigenvalue weighted by molar-refractivity contribution is 9.10. The molecule has 0 fully saturated rings. The number of pyridine rings is 1. The zero-order valence-corrected chi connectivity index (χ0v) is 8.41. The highest BCUT2D eigenvalue weighted by Crippen LogP contribution is 2.17. The van der Waals surface area contributed by atoms with Crippen LogP contribution in [0.15, 0.2) is 16.7 Å². The van der Waals surface area contributed by atoms with Gasteiger partial charge in [-0.15, -0.1) is 0 Å². The SMILES string of the molecule is CNCc1cc(Cl)ncc1Br. The van der Waals surface area contributed by atoms with Crippen LogP contribution < -0.4 is 5.32 Å². The van der Waals surface area contributed by atoms with E-state index in [0.717, 1.165) is 16.6 Å². The minimum absolute atomic E-state index is 0.526. The van der Waals surface area contributed by atoms with E-state index in [0.29, 0.717) is 5.15 Å². The molecule has 1 rings (SSSR count). The maximum Gasteiger partial charge on any atom is 0.129 e. The lowest BCUT2D eigenvalue weighted by Gasteiger charge is -2.02. The second-order valence-corrected chi connectivity index (χ2v) is 3.37. The van der Waals surface area contributed by atoms with Crippen LogP contribution in [0.25, 0.3) is 0 Å². The molecular weight excluding hydrogens is 227 g/mol. The van der Waals surface area contributed by atoms with Crippen LogP contribution in [0.3, 0.4) is 0 Å². The number of nitrogens with zero attached hydrogens (tertiary/aromatic N) is 1. The highest BCUT2D eigenvalue weighted by Gasteiger charge is 1.99. The van der Waals surface area contributed by atoms with E-state index < -0.39 is 0 Å². The fourth-order valence-electron chi connectivity index (χ4n) is 0.777. The van der Waals surface area contributed by atoms with Crippen LogP contribution in [0.2, 0.25) is 5.15 Å². The summed E-state index contributed by atoms with van der Waals surface area (Å²) < 4.78 is 0.983. The number of hydrogen-bond acceptors (Lipinski definition) is 2. The van der Waals surface area contributed by atoms with Crippen molar-refractivity contribution < 1.29 is 0 Å². The van der Waals surface area contributed by atoms with Gasteiger partial charge in [-0.3, -0.25) is 0 Å². The molecule has 0 aliphatic rings. The zero-order chi connectivity index (χ0) is 8.27. The predicted octanol–water partition coefficient (Wildman–Crippen LogP) is 2.22. The molecule has 1 aromatic rings. The average Bonchev–Trinajstić information content (AvgIpc) is 1.98. The smallest absolute Gasteiger partial charge is 0.129 e. The zero-order valence-electron chi connectivity index (χ0n) is 6.06. The summed E-state index contributed by atoms with van der Waals surface area (Å²) >= 11 is 9.06. The maximum atomic E-state index is 5.69. The van der Waals surface area contributed by atoms with Crippen LogP contribution in [-0.2, 0) is 6.54 Å². The molecule has 60 valence electrons. The van der Waals surface area contributed by atoms with Crippen molar-refractivity contribution in [2.75, 3.05) is 7.05 Å². The number of hydrogen-bond donors (Lipinski definition) is 1. The topological polar surface area (TPSA) is 24.9 Å². The molecule has 1 aromatic heterocycles. The molecule has 0 atom stereocenters. The maximum absolute atomic E-state index is 5.69. The fraction of sp³-hybridized carbons (Fsp3) is 0.286. The van der Waals surface area contributed by atoms with Gasteiger partial charge in [-0.25, -0.2) is 4.98 Å². The molecule has 11 heavy (non-hydrogen) atoms. The van der Waals surface area contributed by atoms with Crippen LogP contribution in [-0.4, -0.2) is 12.0 Å². The van der Waals surface area contributed by atoms with Gasteiger partial charge in [0.1, 0.15) is 5.15 Å². The van der Waals surface area contributed by atoms with E-state index in [1.54, 1.807) is 6.20 Å². The quantitative estimate of drug-likeness (QED) is 0.795. The Morgan fingerprint density at radius 1 is 1.73 bits per heavy atom. The Balaban J connectivity index is 2.93. The monoisotopic (exact) mass is 234 g/mol. The van der Waals surface area contributed by atoms with Crippen LogP contribution in [0, 0.1) is 0 Å². The second kappa shape index (κ2) is 4.04. The van der Waals surface area contributed by atoms with Gasteiger partial charge in [-0.1, -0.05) is 11.6 Å². The molecule has 0 saturated heterocycles. The van der Waals surface area contributed by atoms with Crippen molar-refractivity contribution >= 4 is 27.5 Å². The summed E-state index contributed by atoms with van der Waals surface area (Å²) in [4.78, 5) is 3.91. The predicted molar refractivity (Wildman–Crippen MR) is 49.7 cm³/mol. The van der Waals surface area contributed by atoms with Crippen molar-refractivity contribution in [2.45, 2.75) is 6.54 Å². The third-order valence-corrected chi connectivity index (χ3v) is 2.19. The Bertz CT molecular complexity index is 252. The summed E-state index contributed by atoms with van der Waals surface area (Å²) in [6, 6.07) is 1.84. The summed E-state index contributed by atoms with van der Waals surface area (Å²) in [6.45, 7) is 0.794. The Morgan fingerprint density at radius 2 is 2.45 bits per heavy atom. The first kappa shape index (κ1) is 8.97. The molecule has 4 heteroatoms. The van der Waals surface area contributed by atoms with Gasteiger partial charge in [0.05, 0.1) is 0 Å². The molecule has 0 aliphatic heterocycles. The van der Waals surface area contributed by atoms with Crippen LogP contribution in [0.5, 0.6) is 0 Å². The summed E-state index contributed by atoms with van der Waals surface area (Å²) in [5, 5.41) is 3.56. The van der Waals surface area contributed by atoms with Gasteiger partial charge in [0, 0.05) is 17.2 Å². The van der Waals surface area contributed by atoms with Gasteiger partial charge in [0.15, 0.2) is 0 Å². The summed E-state index contributed by atoms with van der Waals surface area (Å²) in [7, 11) is 1.89. The Morgan fingerprint density at radius 3 is 3.09 bits per heavy atom. The van der Waals surface area contributed by atoms with Crippen molar-refractivity contribution in [2.24, 2.45) is 0 Å². The van der Waals surface area contributed by atoms with Gasteiger partial charge in [-0.2, -0.15) is 0 Å². The first-order valence-electron chi connectivity index (χ1n) is 3.18. The van der Waals surface area contributed by atoms with E-state index in [4.69, 9.17) is 11.6 Å². The number of nitrogens with one attached hydrogen (secondary N) is 1. The van der Waals surface area contributed by atoms with Crippen LogP contribution in [0.4, 0.5) is 0 Å². The lowest BCUT2D eigenvalue weighted by atomic mass is 10.3. The van der Waals surface area contributed by atoms with E-state index in [1.165, 1.54) is 0 Å². The van der Waals surface area contributed by atoms with Gasteiger partial charge in [0.2, 0.25) is 0 Å². The van der Waals surface area contributed by atoms with Crippen molar-refractivity contribution in [1.29, 1.82) is 0 Å². The van der Waals surface area contributed by atoms with E-state index in [-0.39, 0.29) is 0 Å². The van der Waals surface area contributed by atoms with Crippen LogP contribution >= 0.6 is 27.5 Å². The molecule has 0 amide bonds. The Labute approximate surface area is 79.1 Å². The van der Waals surface area contributed by atoms with Crippen LogP contribution in [0.1, 0.15) is 5.56 Å². The second-order valence-electron chi connectivity index (χ2n) is 2.13. The van der Waals surface area contributed by atoms with Gasteiger partial charge in [0.25, 0.3) is 0 Å². The minimum atomic E-state index is 0.526. The molecule has 0 spiro atoms. The molecular formula is C7H8BrClN2. The lowest BCUT2D eigenvalue weighted by molar-refractivity contribution is 0.812. The lowest BCUT2D eigenvalue weighted by Crippen LogP contribution is -2.05. The Kier molecular flexibility index (Phi) is 3.30. The summed E-state index contributed by atoms with van der Waals surface area (Å²) in [5.74, 6) is 0. The molecule has 0 aromatic carbocycles. The van der Waals surface area contributed by atoms with Crippen molar-refractivity contribution in [3.05, 3.63) is 27.5 Å². The first-order valence-corrected chi connectivity index (χ1v) is 4.35. The fourth-order valence-corrected chi connectivity index (χ4v) is 1.31. The molecule has 2 nitrogen and oxygen atoms in total. The normalized spacial score (nSPS) is 10.1. The first-order chi connectivity index (χ1) is 5.24. The molecule has 1 heterocycles. The summed E-state index contributed by atoms with van der Waals surface area (Å²) in [5.41, 5.74) is 1.12. The van der Waals surface area contributed by atoms with Gasteiger partial charge in [-0.05, 0) is 34.6 Å². The number of halogens is 2. The van der Waals surface area contributed by atoms with E-state index in [1.807, 2.05) is 13.1 Å². The molecule has 0 saturated carbocycles. The van der Waals surface area contributed by atoms with Crippen molar-refractivity contribution in [3.8, 4) is 0 Å². The van der Waals surface area contributed by atoms with Gasteiger partial charge < -0.3 is 5.32 Å². The number of rotatable bonds is 2. The van der Waals surface area contributed by atoms with Gasteiger partial charge >= 0.3 is 0 Å². The molecule has 0 unspecified atom stereocenters. The molecule has 0 bridgehead atoms. The molecule has 0 radical (unpaired) electrons.